The van der Waals surface area contributed by atoms with Crippen LogP contribution in [0.25, 0.3) is 20.4 Å². The third-order valence-electron chi connectivity index (χ3n) is 10.7. The van der Waals surface area contributed by atoms with Crippen LogP contribution in [-0.4, -0.2) is 69.1 Å². The van der Waals surface area contributed by atoms with Crippen LogP contribution < -0.4 is 16.0 Å². The van der Waals surface area contributed by atoms with Gasteiger partial charge in [-0.15, -0.1) is 22.7 Å². The lowest BCUT2D eigenvalue weighted by Gasteiger charge is -2.34. The van der Waals surface area contributed by atoms with Gasteiger partial charge in [-0.25, -0.2) is 19.9 Å². The second kappa shape index (κ2) is 14.2. The second-order valence-corrected chi connectivity index (χ2v) is 15.7. The Kier molecular flexibility index (Phi) is 9.82. The minimum Gasteiger partial charge on any atom is -0.367 e. The molecular weight excluding hydrogens is 597 g/mol. The SMILES string of the molecule is CCN(C)C1CCC(Nc2ncnc3sc4c(c23)CCC4)CC1.CCNC1CCC(Nc2ncnc3sc4c(c23)CCC4)CC1. The Labute approximate surface area is 276 Å². The minimum atomic E-state index is 0.560. The van der Waals surface area contributed by atoms with Gasteiger partial charge in [0.15, 0.2) is 0 Å². The van der Waals surface area contributed by atoms with E-state index < -0.39 is 0 Å². The van der Waals surface area contributed by atoms with Gasteiger partial charge in [-0.3, -0.25) is 0 Å². The summed E-state index contributed by atoms with van der Waals surface area (Å²) in [7, 11) is 2.25. The van der Waals surface area contributed by atoms with E-state index in [2.05, 4.69) is 61.7 Å². The fraction of sp³-hybridized carbons (Fsp3) is 0.657. The molecule has 2 saturated carbocycles. The van der Waals surface area contributed by atoms with E-state index in [1.165, 1.54) is 131 Å². The highest BCUT2D eigenvalue weighted by atomic mass is 32.1. The van der Waals surface area contributed by atoms with E-state index in [-0.39, 0.29) is 0 Å². The number of nitrogens with one attached hydrogen (secondary N) is 3. The number of hydrogen-bond donors (Lipinski definition) is 3. The Balaban J connectivity index is 0.000000145. The summed E-state index contributed by atoms with van der Waals surface area (Å²) in [6.45, 7) is 6.67. The van der Waals surface area contributed by atoms with Gasteiger partial charge in [0, 0.05) is 33.9 Å². The molecule has 2 fully saturated rings. The Morgan fingerprint density at radius 1 is 0.667 bits per heavy atom. The molecular formula is C35H50N8S2. The zero-order chi connectivity index (χ0) is 30.8. The first kappa shape index (κ1) is 31.2. The highest BCUT2D eigenvalue weighted by Gasteiger charge is 2.27. The maximum absolute atomic E-state index is 4.60. The molecule has 8 nitrogen and oxygen atoms in total. The van der Waals surface area contributed by atoms with Crippen LogP contribution in [0.15, 0.2) is 12.7 Å². The van der Waals surface area contributed by atoms with Crippen LogP contribution in [-0.2, 0) is 25.7 Å². The van der Waals surface area contributed by atoms with Crippen molar-refractivity contribution in [3.63, 3.8) is 0 Å². The normalized spacial score (nSPS) is 24.4. The first-order chi connectivity index (χ1) is 22.1. The van der Waals surface area contributed by atoms with Gasteiger partial charge < -0.3 is 20.9 Å². The highest BCUT2D eigenvalue weighted by molar-refractivity contribution is 7.19. The van der Waals surface area contributed by atoms with Crippen LogP contribution in [0.3, 0.4) is 0 Å². The van der Waals surface area contributed by atoms with E-state index in [1.807, 2.05) is 22.7 Å². The molecule has 4 aliphatic rings. The smallest absolute Gasteiger partial charge is 0.138 e. The lowest BCUT2D eigenvalue weighted by Crippen LogP contribution is -2.38. The van der Waals surface area contributed by atoms with Crippen molar-refractivity contribution in [1.29, 1.82) is 0 Å². The van der Waals surface area contributed by atoms with Gasteiger partial charge in [0.25, 0.3) is 0 Å². The van der Waals surface area contributed by atoms with Crippen molar-refractivity contribution < 1.29 is 0 Å². The maximum Gasteiger partial charge on any atom is 0.138 e. The van der Waals surface area contributed by atoms with Crippen LogP contribution in [0.4, 0.5) is 11.6 Å². The van der Waals surface area contributed by atoms with Crippen molar-refractivity contribution in [2.75, 3.05) is 30.8 Å². The molecule has 0 amide bonds. The summed E-state index contributed by atoms with van der Waals surface area (Å²) in [6, 6.07) is 2.59. The molecule has 0 spiro atoms. The third kappa shape index (κ3) is 6.71. The van der Waals surface area contributed by atoms with Gasteiger partial charge in [-0.1, -0.05) is 13.8 Å². The molecule has 45 heavy (non-hydrogen) atoms. The molecule has 0 bridgehead atoms. The molecule has 8 rings (SSSR count). The lowest BCUT2D eigenvalue weighted by atomic mass is 9.90. The van der Waals surface area contributed by atoms with Crippen molar-refractivity contribution in [3.8, 4) is 0 Å². The molecule has 10 heteroatoms. The highest BCUT2D eigenvalue weighted by Crippen LogP contribution is 2.41. The number of hydrogen-bond acceptors (Lipinski definition) is 10. The zero-order valence-electron chi connectivity index (χ0n) is 27.3. The molecule has 0 unspecified atom stereocenters. The summed E-state index contributed by atoms with van der Waals surface area (Å²) in [4.78, 5) is 26.1. The van der Waals surface area contributed by atoms with E-state index in [0.717, 1.165) is 30.8 Å². The van der Waals surface area contributed by atoms with Crippen molar-refractivity contribution >= 4 is 54.7 Å². The summed E-state index contributed by atoms with van der Waals surface area (Å²) < 4.78 is 0. The first-order valence-corrected chi connectivity index (χ1v) is 19.2. The number of rotatable bonds is 8. The largest absolute Gasteiger partial charge is 0.367 e. The predicted octanol–water partition coefficient (Wildman–Crippen LogP) is 7.37. The topological polar surface area (TPSA) is 90.9 Å². The van der Waals surface area contributed by atoms with Gasteiger partial charge in [-0.05, 0) is 121 Å². The molecule has 3 N–H and O–H groups in total. The quantitative estimate of drug-likeness (QED) is 0.183. The average Bonchev–Trinajstić information content (AvgIpc) is 3.85. The molecule has 4 heterocycles. The van der Waals surface area contributed by atoms with Crippen LogP contribution in [0.1, 0.15) is 98.9 Å². The number of nitrogens with zero attached hydrogens (tertiary/aromatic N) is 5. The van der Waals surface area contributed by atoms with E-state index >= 15 is 0 Å². The van der Waals surface area contributed by atoms with E-state index in [4.69, 9.17) is 0 Å². The van der Waals surface area contributed by atoms with Gasteiger partial charge in [0.2, 0.25) is 0 Å². The fourth-order valence-corrected chi connectivity index (χ4v) is 10.6. The van der Waals surface area contributed by atoms with E-state index in [1.54, 1.807) is 12.7 Å². The molecule has 0 atom stereocenters. The van der Waals surface area contributed by atoms with E-state index in [9.17, 15) is 0 Å². The van der Waals surface area contributed by atoms with Crippen molar-refractivity contribution in [1.82, 2.24) is 30.2 Å². The van der Waals surface area contributed by atoms with Crippen LogP contribution in [0, 0.1) is 0 Å². The third-order valence-corrected chi connectivity index (χ3v) is 13.1. The van der Waals surface area contributed by atoms with Gasteiger partial charge in [0.05, 0.1) is 10.8 Å². The Hall–Kier alpha value is -2.40. The second-order valence-electron chi connectivity index (χ2n) is 13.5. The van der Waals surface area contributed by atoms with Gasteiger partial charge >= 0.3 is 0 Å². The molecule has 4 aromatic heterocycles. The van der Waals surface area contributed by atoms with Crippen molar-refractivity contribution in [2.24, 2.45) is 0 Å². The molecule has 4 aromatic rings. The fourth-order valence-electron chi connectivity index (χ4n) is 8.11. The molecule has 0 radical (unpaired) electrons. The van der Waals surface area contributed by atoms with Gasteiger partial charge in [-0.2, -0.15) is 0 Å². The molecule has 4 aliphatic carbocycles. The van der Waals surface area contributed by atoms with Crippen molar-refractivity contribution in [3.05, 3.63) is 33.5 Å². The summed E-state index contributed by atoms with van der Waals surface area (Å²) in [5, 5.41) is 13.7. The first-order valence-electron chi connectivity index (χ1n) is 17.6. The molecule has 0 saturated heterocycles. The summed E-state index contributed by atoms with van der Waals surface area (Å²) in [5.41, 5.74) is 3.04. The maximum atomic E-state index is 4.60. The minimum absolute atomic E-state index is 0.560. The number of aromatic nitrogens is 4. The number of fused-ring (bicyclic) bond motifs is 6. The van der Waals surface area contributed by atoms with Crippen LogP contribution in [0.2, 0.25) is 0 Å². The Morgan fingerprint density at radius 3 is 1.64 bits per heavy atom. The summed E-state index contributed by atoms with van der Waals surface area (Å²) in [5.74, 6) is 2.16. The molecule has 0 aromatic carbocycles. The van der Waals surface area contributed by atoms with Crippen LogP contribution >= 0.6 is 22.7 Å². The van der Waals surface area contributed by atoms with Crippen LogP contribution in [0.5, 0.6) is 0 Å². The molecule has 242 valence electrons. The van der Waals surface area contributed by atoms with Crippen molar-refractivity contribution in [2.45, 2.75) is 128 Å². The van der Waals surface area contributed by atoms with E-state index in [0.29, 0.717) is 18.1 Å². The Morgan fingerprint density at radius 2 is 1.16 bits per heavy atom. The summed E-state index contributed by atoms with van der Waals surface area (Å²) >= 11 is 3.74. The Bertz CT molecular complexity index is 1580. The van der Waals surface area contributed by atoms with Gasteiger partial charge in [0.1, 0.15) is 34.0 Å². The summed E-state index contributed by atoms with van der Waals surface area (Å²) in [6.07, 6.45) is 20.9. The standard InChI is InChI=1S/C18H26N4S.C17H24N4S/c1-3-22(2)13-9-7-12(8-10-13)21-17-16-14-5-4-6-15(14)23-18(16)20-11-19-17;1-2-18-11-6-8-12(9-7-11)21-16-15-13-4-3-5-14(13)22-17(15)20-10-19-16/h11-13H,3-10H2,1-2H3,(H,19,20,21);10-12,18H,2-9H2,1H3,(H,19,20,21). The number of thiophene rings is 2. The number of aryl methyl sites for hydroxylation is 4. The lowest BCUT2D eigenvalue weighted by molar-refractivity contribution is 0.194. The predicted molar refractivity (Wildman–Crippen MR) is 190 cm³/mol. The zero-order valence-corrected chi connectivity index (χ0v) is 29.0. The number of anilines is 2. The molecule has 0 aliphatic heterocycles. The monoisotopic (exact) mass is 646 g/mol. The average molecular weight is 647 g/mol.